The molecule has 0 aliphatic carbocycles. The Hall–Kier alpha value is -0.660. The topological polar surface area (TPSA) is 40.9 Å². The second-order valence-corrected chi connectivity index (χ2v) is 0.964. The maximum absolute atomic E-state index is 9.94. The van der Waals surface area contributed by atoms with Crippen LogP contribution in [-0.2, 0) is 4.79 Å². The van der Waals surface area contributed by atoms with Crippen LogP contribution >= 0.6 is 0 Å². The predicted octanol–water partition coefficient (Wildman–Crippen LogP) is 0.615. The predicted molar refractivity (Wildman–Crippen MR) is 24.1 cm³/mol. The molecule has 6 heavy (non-hydrogen) atoms. The second kappa shape index (κ2) is 2.57. The minimum Gasteiger partial charge on any atom is -0.305 e. The van der Waals surface area contributed by atoms with E-state index in [9.17, 15) is 4.79 Å². The highest BCUT2D eigenvalue weighted by molar-refractivity contribution is 6.25. The van der Waals surface area contributed by atoms with Crippen molar-refractivity contribution in [3.05, 3.63) is 0 Å². The molecule has 0 aromatic carbocycles. The van der Waals surface area contributed by atoms with Gasteiger partial charge >= 0.3 is 0 Å². The standard InChI is InChI=1S/C4H7NO/c1-2-4(6)3-5/h3,5H,2H2,1H3. The Morgan fingerprint density at radius 2 is 2.50 bits per heavy atom. The molecule has 34 valence electrons. The first kappa shape index (κ1) is 5.34. The number of nitrogens with one attached hydrogen (secondary N) is 1. The summed E-state index contributed by atoms with van der Waals surface area (Å²) in [6, 6.07) is 0. The van der Waals surface area contributed by atoms with E-state index in [0.29, 0.717) is 6.42 Å². The molecule has 0 unspecified atom stereocenters. The van der Waals surface area contributed by atoms with Crippen LogP contribution in [0, 0.1) is 5.41 Å². The lowest BCUT2D eigenvalue weighted by atomic mass is 10.3. The van der Waals surface area contributed by atoms with E-state index in [1.165, 1.54) is 0 Å². The van der Waals surface area contributed by atoms with Crippen molar-refractivity contribution in [3.63, 3.8) is 0 Å². The number of Topliss-reactive ketones (excluding diaryl/α,β-unsaturated/α-hetero) is 1. The zero-order chi connectivity index (χ0) is 4.99. The van der Waals surface area contributed by atoms with Crippen LogP contribution in [0.2, 0.25) is 0 Å². The molecule has 2 heteroatoms. The first-order valence-corrected chi connectivity index (χ1v) is 1.84. The van der Waals surface area contributed by atoms with E-state index in [4.69, 9.17) is 5.41 Å². The van der Waals surface area contributed by atoms with Crippen molar-refractivity contribution in [2.24, 2.45) is 0 Å². The van der Waals surface area contributed by atoms with E-state index in [1.807, 2.05) is 0 Å². The van der Waals surface area contributed by atoms with Crippen molar-refractivity contribution in [3.8, 4) is 0 Å². The highest BCUT2D eigenvalue weighted by atomic mass is 16.1. The summed E-state index contributed by atoms with van der Waals surface area (Å²) in [5, 5.41) is 6.33. The Kier molecular flexibility index (Phi) is 2.29. The lowest BCUT2D eigenvalue weighted by Gasteiger charge is -1.73. The molecular weight excluding hydrogens is 78.1 g/mol. The molecule has 0 bridgehead atoms. The third kappa shape index (κ3) is 1.64. The Morgan fingerprint density at radius 1 is 2.00 bits per heavy atom. The number of ketones is 1. The number of carbonyl (C=O) groups is 1. The largest absolute Gasteiger partial charge is 0.305 e. The molecule has 0 saturated carbocycles. The molecule has 1 N–H and O–H groups in total. The maximum atomic E-state index is 9.94. The minimum atomic E-state index is -0.116. The van der Waals surface area contributed by atoms with E-state index < -0.39 is 0 Å². The highest BCUT2D eigenvalue weighted by Gasteiger charge is 1.83. The third-order valence-corrected chi connectivity index (χ3v) is 0.509. The van der Waals surface area contributed by atoms with E-state index in [2.05, 4.69) is 0 Å². The van der Waals surface area contributed by atoms with Crippen molar-refractivity contribution in [1.82, 2.24) is 0 Å². The molecule has 0 heterocycles. The first-order valence-electron chi connectivity index (χ1n) is 1.84. The Balaban J connectivity index is 3.23. The summed E-state index contributed by atoms with van der Waals surface area (Å²) in [4.78, 5) is 9.94. The van der Waals surface area contributed by atoms with Gasteiger partial charge in [-0.3, -0.25) is 4.79 Å². The van der Waals surface area contributed by atoms with Gasteiger partial charge in [0.05, 0.1) is 6.21 Å². The van der Waals surface area contributed by atoms with Gasteiger partial charge in [-0.2, -0.15) is 0 Å². The Bertz CT molecular complexity index is 67.9. The van der Waals surface area contributed by atoms with Gasteiger partial charge in [0, 0.05) is 6.42 Å². The summed E-state index contributed by atoms with van der Waals surface area (Å²) < 4.78 is 0. The third-order valence-electron chi connectivity index (χ3n) is 0.509. The van der Waals surface area contributed by atoms with Crippen molar-refractivity contribution < 1.29 is 4.79 Å². The summed E-state index contributed by atoms with van der Waals surface area (Å²) >= 11 is 0. The van der Waals surface area contributed by atoms with Gasteiger partial charge in [0.2, 0.25) is 0 Å². The molecule has 0 aliphatic rings. The second-order valence-electron chi connectivity index (χ2n) is 0.964. The van der Waals surface area contributed by atoms with Crippen LogP contribution in [-0.4, -0.2) is 12.0 Å². The number of rotatable bonds is 2. The smallest absolute Gasteiger partial charge is 0.172 e. The molecule has 2 nitrogen and oxygen atoms in total. The Morgan fingerprint density at radius 3 is 2.50 bits per heavy atom. The van der Waals surface area contributed by atoms with E-state index in [1.54, 1.807) is 6.92 Å². The summed E-state index contributed by atoms with van der Waals surface area (Å²) in [5.74, 6) is -0.116. The van der Waals surface area contributed by atoms with Crippen molar-refractivity contribution in [2.75, 3.05) is 0 Å². The summed E-state index contributed by atoms with van der Waals surface area (Å²) in [6.45, 7) is 1.73. The van der Waals surface area contributed by atoms with Crippen LogP contribution in [0.1, 0.15) is 13.3 Å². The summed E-state index contributed by atoms with van der Waals surface area (Å²) in [6.07, 6.45) is 1.28. The molecule has 0 fully saturated rings. The zero-order valence-electron chi connectivity index (χ0n) is 3.69. The average Bonchev–Trinajstić information content (AvgIpc) is 1.65. The molecule has 0 radical (unpaired) electrons. The van der Waals surface area contributed by atoms with Crippen LogP contribution in [0.4, 0.5) is 0 Å². The van der Waals surface area contributed by atoms with Crippen molar-refractivity contribution >= 4 is 12.0 Å². The fourth-order valence-electron chi connectivity index (χ4n) is 0.102. The van der Waals surface area contributed by atoms with Gasteiger partial charge < -0.3 is 5.41 Å². The Labute approximate surface area is 36.7 Å². The van der Waals surface area contributed by atoms with Gasteiger partial charge in [0.15, 0.2) is 5.78 Å². The molecule has 0 aromatic rings. The molecule has 0 saturated heterocycles. The summed E-state index contributed by atoms with van der Waals surface area (Å²) in [7, 11) is 0. The van der Waals surface area contributed by atoms with Gasteiger partial charge in [-0.25, -0.2) is 0 Å². The molecule has 0 atom stereocenters. The lowest BCUT2D eigenvalue weighted by molar-refractivity contribution is -0.112. The summed E-state index contributed by atoms with van der Waals surface area (Å²) in [5.41, 5.74) is 0. The fourth-order valence-corrected chi connectivity index (χ4v) is 0.102. The molecule has 0 spiro atoms. The van der Waals surface area contributed by atoms with E-state index in [-0.39, 0.29) is 5.78 Å². The number of hydrogen-bond donors (Lipinski definition) is 1. The molecule has 0 aromatic heterocycles. The molecule has 0 aliphatic heterocycles. The van der Waals surface area contributed by atoms with E-state index in [0.717, 1.165) is 6.21 Å². The minimum absolute atomic E-state index is 0.116. The number of hydrogen-bond acceptors (Lipinski definition) is 2. The van der Waals surface area contributed by atoms with Gasteiger partial charge in [-0.1, -0.05) is 6.92 Å². The van der Waals surface area contributed by atoms with Gasteiger partial charge in [0.1, 0.15) is 0 Å². The molecular formula is C4H7NO. The number of carbonyl (C=O) groups excluding carboxylic acids is 1. The monoisotopic (exact) mass is 85.1 g/mol. The van der Waals surface area contributed by atoms with Crippen LogP contribution in [0.25, 0.3) is 0 Å². The van der Waals surface area contributed by atoms with Crippen molar-refractivity contribution in [2.45, 2.75) is 13.3 Å². The van der Waals surface area contributed by atoms with Crippen molar-refractivity contribution in [1.29, 1.82) is 5.41 Å². The lowest BCUT2D eigenvalue weighted by Crippen LogP contribution is -1.92. The SMILES string of the molecule is CCC(=O)C=N. The fraction of sp³-hybridized carbons (Fsp3) is 0.500. The van der Waals surface area contributed by atoms with Crippen LogP contribution in [0.3, 0.4) is 0 Å². The van der Waals surface area contributed by atoms with E-state index >= 15 is 0 Å². The van der Waals surface area contributed by atoms with Crippen LogP contribution < -0.4 is 0 Å². The van der Waals surface area contributed by atoms with Gasteiger partial charge in [0.25, 0.3) is 0 Å². The maximum Gasteiger partial charge on any atom is 0.172 e. The van der Waals surface area contributed by atoms with Crippen LogP contribution in [0.15, 0.2) is 0 Å². The molecule has 0 amide bonds. The normalized spacial score (nSPS) is 7.50. The zero-order valence-corrected chi connectivity index (χ0v) is 3.69. The highest BCUT2D eigenvalue weighted by Crippen LogP contribution is 1.70. The first-order chi connectivity index (χ1) is 2.81. The van der Waals surface area contributed by atoms with Gasteiger partial charge in [-0.15, -0.1) is 0 Å². The van der Waals surface area contributed by atoms with Gasteiger partial charge in [-0.05, 0) is 0 Å². The quantitative estimate of drug-likeness (QED) is 0.490. The average molecular weight is 85.1 g/mol. The molecule has 0 rings (SSSR count). The van der Waals surface area contributed by atoms with Crippen LogP contribution in [0.5, 0.6) is 0 Å².